The molecule has 0 aliphatic rings. The molecule has 0 spiro atoms. The van der Waals surface area contributed by atoms with Gasteiger partial charge < -0.3 is 10.1 Å². The number of halogens is 1. The molecule has 5 nitrogen and oxygen atoms in total. The van der Waals surface area contributed by atoms with Crippen LogP contribution >= 0.6 is 11.6 Å². The van der Waals surface area contributed by atoms with Gasteiger partial charge in [-0.2, -0.15) is 0 Å². The Morgan fingerprint density at radius 1 is 1.00 bits per heavy atom. The molecule has 144 valence electrons. The lowest BCUT2D eigenvalue weighted by Gasteiger charge is -2.13. The van der Waals surface area contributed by atoms with Crippen molar-refractivity contribution in [1.82, 2.24) is 10.2 Å². The molecule has 1 amide bonds. The van der Waals surface area contributed by atoms with Crippen molar-refractivity contribution in [3.8, 4) is 17.0 Å². The molecule has 0 fully saturated rings. The van der Waals surface area contributed by atoms with Gasteiger partial charge in [-0.25, -0.2) is 0 Å². The fraction of sp³-hybridized carbons (Fsp3) is 0.0870. The summed E-state index contributed by atoms with van der Waals surface area (Å²) in [7, 11) is 1.54. The van der Waals surface area contributed by atoms with E-state index in [9.17, 15) is 4.79 Å². The van der Waals surface area contributed by atoms with Crippen LogP contribution in [-0.4, -0.2) is 23.2 Å². The molecule has 0 bridgehead atoms. The molecule has 3 aromatic carbocycles. The van der Waals surface area contributed by atoms with Gasteiger partial charge in [0.05, 0.1) is 23.2 Å². The summed E-state index contributed by atoms with van der Waals surface area (Å²) in [6.07, 6.45) is 0. The van der Waals surface area contributed by atoms with Crippen molar-refractivity contribution < 1.29 is 9.53 Å². The van der Waals surface area contributed by atoms with Crippen LogP contribution in [0.3, 0.4) is 0 Å². The SMILES string of the molecule is COc1ccc(NC(=O)c2c(-c3ccc(C)cc3)nnc3ccccc23)cc1Cl. The first kappa shape index (κ1) is 18.9. The number of rotatable bonds is 4. The third-order valence-electron chi connectivity index (χ3n) is 4.63. The second kappa shape index (κ2) is 7.89. The molecule has 0 aliphatic carbocycles. The van der Waals surface area contributed by atoms with E-state index in [1.54, 1.807) is 25.3 Å². The normalized spacial score (nSPS) is 10.7. The first-order chi connectivity index (χ1) is 14.1. The van der Waals surface area contributed by atoms with E-state index in [0.717, 1.165) is 16.5 Å². The van der Waals surface area contributed by atoms with Crippen LogP contribution in [0.1, 0.15) is 15.9 Å². The molecule has 0 saturated heterocycles. The van der Waals surface area contributed by atoms with E-state index in [-0.39, 0.29) is 5.91 Å². The molecule has 6 heteroatoms. The van der Waals surface area contributed by atoms with E-state index in [4.69, 9.17) is 16.3 Å². The highest BCUT2D eigenvalue weighted by molar-refractivity contribution is 6.32. The summed E-state index contributed by atoms with van der Waals surface area (Å²) in [5.41, 5.74) is 4.16. The molecule has 0 unspecified atom stereocenters. The highest BCUT2D eigenvalue weighted by atomic mass is 35.5. The minimum Gasteiger partial charge on any atom is -0.495 e. The van der Waals surface area contributed by atoms with Crippen LogP contribution in [0.25, 0.3) is 22.2 Å². The zero-order chi connectivity index (χ0) is 20.4. The molecule has 4 rings (SSSR count). The fourth-order valence-electron chi connectivity index (χ4n) is 3.13. The van der Waals surface area contributed by atoms with E-state index in [0.29, 0.717) is 33.2 Å². The fourth-order valence-corrected chi connectivity index (χ4v) is 3.39. The van der Waals surface area contributed by atoms with Crippen molar-refractivity contribution in [2.45, 2.75) is 6.92 Å². The number of nitrogens with zero attached hydrogens (tertiary/aromatic N) is 2. The molecule has 0 aliphatic heterocycles. The zero-order valence-corrected chi connectivity index (χ0v) is 16.7. The van der Waals surface area contributed by atoms with Gasteiger partial charge in [0, 0.05) is 16.6 Å². The monoisotopic (exact) mass is 403 g/mol. The highest BCUT2D eigenvalue weighted by Crippen LogP contribution is 2.30. The highest BCUT2D eigenvalue weighted by Gasteiger charge is 2.20. The van der Waals surface area contributed by atoms with E-state index in [1.807, 2.05) is 55.5 Å². The van der Waals surface area contributed by atoms with Gasteiger partial charge in [-0.15, -0.1) is 10.2 Å². The maximum atomic E-state index is 13.3. The topological polar surface area (TPSA) is 64.1 Å². The second-order valence-electron chi connectivity index (χ2n) is 6.61. The van der Waals surface area contributed by atoms with Gasteiger partial charge in [-0.3, -0.25) is 4.79 Å². The number of fused-ring (bicyclic) bond motifs is 1. The largest absolute Gasteiger partial charge is 0.495 e. The number of anilines is 1. The second-order valence-corrected chi connectivity index (χ2v) is 7.02. The Morgan fingerprint density at radius 3 is 2.48 bits per heavy atom. The standard InChI is InChI=1S/C23H18ClN3O2/c1-14-7-9-15(10-8-14)22-21(17-5-3-4-6-19(17)26-27-22)23(28)25-16-11-12-20(29-2)18(24)13-16/h3-13H,1-2H3,(H,25,28). The Kier molecular flexibility index (Phi) is 5.14. The van der Waals surface area contributed by atoms with Crippen LogP contribution in [0.2, 0.25) is 5.02 Å². The Morgan fingerprint density at radius 2 is 1.76 bits per heavy atom. The average molecular weight is 404 g/mol. The van der Waals surface area contributed by atoms with Crippen molar-refractivity contribution in [3.05, 3.63) is 82.9 Å². The predicted octanol–water partition coefficient (Wildman–Crippen LogP) is 5.52. The maximum absolute atomic E-state index is 13.3. The zero-order valence-electron chi connectivity index (χ0n) is 15.9. The number of ether oxygens (including phenoxy) is 1. The molecule has 0 saturated carbocycles. The van der Waals surface area contributed by atoms with Crippen LogP contribution in [0.4, 0.5) is 5.69 Å². The lowest BCUT2D eigenvalue weighted by Crippen LogP contribution is -2.15. The minimum absolute atomic E-state index is 0.284. The maximum Gasteiger partial charge on any atom is 0.258 e. The van der Waals surface area contributed by atoms with Crippen LogP contribution < -0.4 is 10.1 Å². The minimum atomic E-state index is -0.284. The summed E-state index contributed by atoms with van der Waals surface area (Å²) in [4.78, 5) is 13.3. The Bertz CT molecular complexity index is 1210. The molecule has 1 N–H and O–H groups in total. The van der Waals surface area contributed by atoms with Crippen LogP contribution in [-0.2, 0) is 0 Å². The summed E-state index contributed by atoms with van der Waals surface area (Å²) < 4.78 is 5.17. The number of hydrogen-bond acceptors (Lipinski definition) is 4. The van der Waals surface area contributed by atoms with Crippen molar-refractivity contribution in [3.63, 3.8) is 0 Å². The number of carbonyl (C=O) groups excluding carboxylic acids is 1. The summed E-state index contributed by atoms with van der Waals surface area (Å²) in [6, 6.07) is 20.4. The van der Waals surface area contributed by atoms with Crippen molar-refractivity contribution >= 4 is 34.1 Å². The molecule has 1 heterocycles. The molecule has 0 radical (unpaired) electrons. The molecular weight excluding hydrogens is 386 g/mol. The van der Waals surface area contributed by atoms with Crippen molar-refractivity contribution in [2.75, 3.05) is 12.4 Å². The first-order valence-electron chi connectivity index (χ1n) is 9.04. The molecule has 1 aromatic heterocycles. The van der Waals surface area contributed by atoms with Gasteiger partial charge in [0.25, 0.3) is 5.91 Å². The van der Waals surface area contributed by atoms with Gasteiger partial charge >= 0.3 is 0 Å². The Balaban J connectivity index is 1.82. The molecule has 4 aromatic rings. The molecule has 0 atom stereocenters. The van der Waals surface area contributed by atoms with Crippen molar-refractivity contribution in [1.29, 1.82) is 0 Å². The lowest BCUT2D eigenvalue weighted by molar-refractivity contribution is 0.102. The number of nitrogens with one attached hydrogen (secondary N) is 1. The predicted molar refractivity (Wildman–Crippen MR) is 116 cm³/mol. The number of hydrogen-bond donors (Lipinski definition) is 1. The number of benzene rings is 3. The number of aromatic nitrogens is 2. The van der Waals surface area contributed by atoms with Crippen molar-refractivity contribution in [2.24, 2.45) is 0 Å². The lowest BCUT2D eigenvalue weighted by atomic mass is 10.0. The number of aryl methyl sites for hydroxylation is 1. The summed E-state index contributed by atoms with van der Waals surface area (Å²) in [6.45, 7) is 2.01. The number of carbonyl (C=O) groups is 1. The summed E-state index contributed by atoms with van der Waals surface area (Å²) in [5, 5.41) is 12.7. The van der Waals surface area contributed by atoms with E-state index >= 15 is 0 Å². The molecule has 29 heavy (non-hydrogen) atoms. The Hall–Kier alpha value is -3.44. The van der Waals surface area contributed by atoms with Gasteiger partial charge in [0.1, 0.15) is 11.4 Å². The van der Waals surface area contributed by atoms with Crippen LogP contribution in [0, 0.1) is 6.92 Å². The van der Waals surface area contributed by atoms with E-state index < -0.39 is 0 Å². The summed E-state index contributed by atoms with van der Waals surface area (Å²) in [5.74, 6) is 0.258. The van der Waals surface area contributed by atoms with Crippen LogP contribution in [0.5, 0.6) is 5.75 Å². The van der Waals surface area contributed by atoms with E-state index in [2.05, 4.69) is 15.5 Å². The van der Waals surface area contributed by atoms with Crippen LogP contribution in [0.15, 0.2) is 66.7 Å². The van der Waals surface area contributed by atoms with Gasteiger partial charge in [-0.1, -0.05) is 59.6 Å². The summed E-state index contributed by atoms with van der Waals surface area (Å²) >= 11 is 6.20. The average Bonchev–Trinajstić information content (AvgIpc) is 2.73. The first-order valence-corrected chi connectivity index (χ1v) is 9.42. The molecular formula is C23H18ClN3O2. The third kappa shape index (κ3) is 3.77. The van der Waals surface area contributed by atoms with E-state index in [1.165, 1.54) is 0 Å². The smallest absolute Gasteiger partial charge is 0.258 e. The quantitative estimate of drug-likeness (QED) is 0.487. The Labute approximate surface area is 173 Å². The number of amides is 1. The van der Waals surface area contributed by atoms with Gasteiger partial charge in [-0.05, 0) is 31.2 Å². The number of methoxy groups -OCH3 is 1. The van der Waals surface area contributed by atoms with Gasteiger partial charge in [0.15, 0.2) is 0 Å². The van der Waals surface area contributed by atoms with Gasteiger partial charge in [0.2, 0.25) is 0 Å². The third-order valence-corrected chi connectivity index (χ3v) is 4.93.